The molecule has 0 spiro atoms. The van der Waals surface area contributed by atoms with Gasteiger partial charge in [0.25, 0.3) is 0 Å². The molecule has 0 saturated heterocycles. The number of hydrogen-bond acceptors (Lipinski definition) is 50. The number of halogens is 1. The van der Waals surface area contributed by atoms with Crippen LogP contribution in [-0.2, 0) is 71.2 Å². The summed E-state index contributed by atoms with van der Waals surface area (Å²) in [5.41, 5.74) is 0. The summed E-state index contributed by atoms with van der Waals surface area (Å²) in [4.78, 5) is 52.3. The van der Waals surface area contributed by atoms with Crippen molar-refractivity contribution in [1.82, 2.24) is 29.3 Å². The molecule has 0 radical (unpaired) electrons. The van der Waals surface area contributed by atoms with Crippen molar-refractivity contribution in [2.75, 3.05) is 231 Å². The molecular formula is C70H139IN6O48. The van der Waals surface area contributed by atoms with Crippen LogP contribution in [0, 0.1) is 0 Å². The van der Waals surface area contributed by atoms with E-state index in [0.29, 0.717) is 4.90 Å². The van der Waals surface area contributed by atoms with Gasteiger partial charge >= 0.3 is 6.09 Å². The molecule has 0 heterocycles. The number of aliphatic hydroxyl groups excluding tert-OH is 32. The van der Waals surface area contributed by atoms with E-state index < -0.39 is 299 Å². The number of ether oxygens (including phenoxy) is 12. The number of amides is 4. The summed E-state index contributed by atoms with van der Waals surface area (Å²) in [6.45, 7) is -16.2. The fraction of sp³-hybridized carbons (Fsp3) is 0.943. The van der Waals surface area contributed by atoms with Crippen LogP contribution in [0.5, 0.6) is 0 Å². The van der Waals surface area contributed by atoms with Crippen molar-refractivity contribution in [3.8, 4) is 0 Å². The van der Waals surface area contributed by atoms with Crippen molar-refractivity contribution in [2.24, 2.45) is 0 Å². The third kappa shape index (κ3) is 58.3. The Morgan fingerprint density at radius 1 is 0.280 bits per heavy atom. The molecular weight excluding hydrogens is 1820 g/mol. The minimum absolute atomic E-state index is 0.115. The zero-order valence-electron chi connectivity index (χ0n) is 69.0. The second kappa shape index (κ2) is 72.2. The van der Waals surface area contributed by atoms with Crippen molar-refractivity contribution >= 4 is 46.7 Å². The second-order valence-electron chi connectivity index (χ2n) is 29.2. The molecule has 4 amide bonds. The van der Waals surface area contributed by atoms with Crippen molar-refractivity contribution in [1.29, 1.82) is 0 Å². The van der Waals surface area contributed by atoms with Gasteiger partial charge in [0, 0.05) is 75.2 Å². The van der Waals surface area contributed by atoms with E-state index in [9.17, 15) is 162 Å². The maximum absolute atomic E-state index is 13.1. The molecule has 0 aliphatic carbocycles. The molecule has 36 N–H and O–H groups in total. The third-order valence-electron chi connectivity index (χ3n) is 17.3. The average molecular weight is 1960 g/mol. The van der Waals surface area contributed by atoms with E-state index in [1.807, 2.05) is 0 Å². The third-order valence-corrected chi connectivity index (χ3v) is 18.0. The molecule has 0 aromatic heterocycles. The van der Waals surface area contributed by atoms with E-state index in [1.165, 1.54) is 0 Å². The molecule has 55 heteroatoms. The number of hydrogen-bond donors (Lipinski definition) is 36. The Bertz CT molecular complexity index is 2600. The number of nitrogens with zero attached hydrogens (tertiary/aromatic N) is 2. The number of carbonyl (C=O) groups excluding carboxylic acids is 4. The number of carbonyl (C=O) groups is 4. The minimum Gasteiger partial charge on any atom is -0.447 e. The van der Waals surface area contributed by atoms with Gasteiger partial charge in [-0.3, -0.25) is 19.3 Å². The quantitative estimate of drug-likeness (QED) is 0.0153. The van der Waals surface area contributed by atoms with Gasteiger partial charge in [0.1, 0.15) is 159 Å². The van der Waals surface area contributed by atoms with Gasteiger partial charge < -0.3 is 241 Å². The first-order valence-corrected chi connectivity index (χ1v) is 40.8. The SMILES string of the molecule is O=C(C[C@@H](NI)C(=O)NCCNC(=O)OCC(O)COCC(O)COCC(O)COCC(O)COCC(O)COCC(O)CN(C[C@H](O)[C@@H](O)[C@H](O)[C@H](O)CO)C[C@H](O)[C@@H](O)[C@H](O)[C@H](O)CO)NCC(O)COCC(O)COCC(O)COCC(O)COCC(O)COCC(O)COCCC(=O)N(C[C@H](O)[C@@H](O)[C@H](O)[C@H](O)CO)C[C@H](O)[C@@H](O)[C@H](O)[C@H](O)CO. The van der Waals surface area contributed by atoms with E-state index >= 15 is 0 Å². The lowest BCUT2D eigenvalue weighted by Crippen LogP contribution is -2.54. The van der Waals surface area contributed by atoms with Crippen LogP contribution < -0.4 is 19.5 Å². The van der Waals surface area contributed by atoms with Gasteiger partial charge in [-0.1, -0.05) is 0 Å². The highest BCUT2D eigenvalue weighted by atomic mass is 127. The monoisotopic (exact) mass is 1960 g/mol. The molecule has 0 aromatic rings. The molecule has 0 saturated carbocycles. The summed E-state index contributed by atoms with van der Waals surface area (Å²) in [5, 5.41) is 328. The van der Waals surface area contributed by atoms with Crippen LogP contribution in [-0.4, -0.2) is 605 Å². The Kier molecular flexibility index (Phi) is 70.2. The number of nitrogens with one attached hydrogen (secondary N) is 4. The van der Waals surface area contributed by atoms with Crippen molar-refractivity contribution < 1.29 is 239 Å². The lowest BCUT2D eigenvalue weighted by molar-refractivity contribution is -0.149. The first-order chi connectivity index (χ1) is 59.0. The smallest absolute Gasteiger partial charge is 0.407 e. The molecule has 29 atom stereocenters. The number of alkyl carbamates (subject to hydrolysis) is 1. The first-order valence-electron chi connectivity index (χ1n) is 39.7. The molecule has 0 aliphatic rings. The molecule has 0 aliphatic heterocycles. The predicted molar refractivity (Wildman–Crippen MR) is 424 cm³/mol. The molecule has 744 valence electrons. The average Bonchev–Trinajstić information content (AvgIpc) is 0.860. The zero-order valence-corrected chi connectivity index (χ0v) is 71.2. The van der Waals surface area contributed by atoms with E-state index in [4.69, 9.17) is 77.3 Å². The van der Waals surface area contributed by atoms with Gasteiger partial charge in [-0.05, 0) is 0 Å². The van der Waals surface area contributed by atoms with Crippen LogP contribution in [0.3, 0.4) is 0 Å². The molecule has 0 aromatic carbocycles. The molecule has 0 rings (SSSR count). The van der Waals surface area contributed by atoms with Crippen LogP contribution >= 0.6 is 22.9 Å². The van der Waals surface area contributed by atoms with Crippen LogP contribution in [0.4, 0.5) is 4.79 Å². The summed E-state index contributed by atoms with van der Waals surface area (Å²) in [5.74, 6) is -2.17. The van der Waals surface area contributed by atoms with Crippen molar-refractivity contribution in [3.05, 3.63) is 0 Å². The van der Waals surface area contributed by atoms with E-state index in [0.717, 1.165) is 4.90 Å². The molecule has 125 heavy (non-hydrogen) atoms. The summed E-state index contributed by atoms with van der Waals surface area (Å²) < 4.78 is 65.4. The molecule has 0 bridgehead atoms. The van der Waals surface area contributed by atoms with Gasteiger partial charge in [-0.25, -0.2) is 8.32 Å². The summed E-state index contributed by atoms with van der Waals surface area (Å²) in [7, 11) is 0. The first kappa shape index (κ1) is 122. The van der Waals surface area contributed by atoms with Crippen LogP contribution in [0.2, 0.25) is 0 Å². The largest absolute Gasteiger partial charge is 0.447 e. The van der Waals surface area contributed by atoms with Gasteiger partial charge in [-0.2, -0.15) is 0 Å². The highest BCUT2D eigenvalue weighted by molar-refractivity contribution is 14.1. The zero-order chi connectivity index (χ0) is 94.7. The number of aliphatic hydroxyl groups is 32. The maximum Gasteiger partial charge on any atom is 0.407 e. The maximum atomic E-state index is 13.1. The Morgan fingerprint density at radius 2 is 0.528 bits per heavy atom. The summed E-state index contributed by atoms with van der Waals surface area (Å²) in [6.07, 6.45) is -48.8. The molecule has 0 fully saturated rings. The van der Waals surface area contributed by atoms with Crippen molar-refractivity contribution in [2.45, 2.75) is 190 Å². The Labute approximate surface area is 733 Å². The fourth-order valence-corrected chi connectivity index (χ4v) is 10.9. The van der Waals surface area contributed by atoms with E-state index in [-0.39, 0.29) is 145 Å². The number of rotatable bonds is 82. The lowest BCUT2D eigenvalue weighted by Gasteiger charge is -2.34. The predicted octanol–water partition coefficient (Wildman–Crippen LogP) is -21.6. The fourth-order valence-electron chi connectivity index (χ4n) is 10.4. The Morgan fingerprint density at radius 3 is 0.816 bits per heavy atom. The van der Waals surface area contributed by atoms with E-state index in [1.54, 1.807) is 22.9 Å². The van der Waals surface area contributed by atoms with Gasteiger partial charge in [-0.15, -0.1) is 0 Å². The Hall–Kier alpha value is -3.39. The summed E-state index contributed by atoms with van der Waals surface area (Å²) >= 11 is 1.66. The van der Waals surface area contributed by atoms with Crippen LogP contribution in [0.15, 0.2) is 0 Å². The molecule has 12 unspecified atom stereocenters. The van der Waals surface area contributed by atoms with Gasteiger partial charge in [0.15, 0.2) is 0 Å². The second-order valence-corrected chi connectivity index (χ2v) is 29.9. The highest BCUT2D eigenvalue weighted by Crippen LogP contribution is 2.16. The van der Waals surface area contributed by atoms with Crippen LogP contribution in [0.25, 0.3) is 0 Å². The van der Waals surface area contributed by atoms with Gasteiger partial charge in [0.2, 0.25) is 17.7 Å². The minimum atomic E-state index is -2.13. The normalized spacial score (nSPS) is 19.3. The van der Waals surface area contributed by atoms with E-state index in [2.05, 4.69) is 19.5 Å². The van der Waals surface area contributed by atoms with Gasteiger partial charge in [0.05, 0.1) is 209 Å². The topological polar surface area (TPSA) is 881 Å². The highest BCUT2D eigenvalue weighted by Gasteiger charge is 2.38. The standard InChI is InChI=1S/C70H139IN6O48/c71-75-50(5-59(102)74-6-38(82)16-115-20-41(85)22-118-26-44(88)28-121-31-46(90)30-120-25-43(87)24-117-19-40(84)18-114-4-1-60(103)77(10-53(96)63(106)67(110)57(100)14-80)11-54(97)64(107)68(111)58(101)15-81)69(112)72-2-3-73-70(113)125-37-49(93)36-124-35-48(92)34-123-33-47(91)32-122-29-45(89)27-119-23-42(86)21-116-17-39(83)7-76(8-51(94)61(104)65(108)55(98)12-78)9-52(95)62(105)66(109)56(99)13-79/h38-58,61-68,75,78-101,104-111H,1-37H2,(H,72,112)(H,73,113)(H,74,102)/t38?,39?,40?,41?,42?,43?,44?,45?,46?,47?,48?,49?,50-,51+,52+,53+,54+,55-,56-,57-,58-,61-,62-,63-,64-,65-,66-,67-,68-/m1/s1. The summed E-state index contributed by atoms with van der Waals surface area (Å²) in [6, 6.07) is -1.05. The van der Waals surface area contributed by atoms with Crippen molar-refractivity contribution in [3.63, 3.8) is 0 Å². The van der Waals surface area contributed by atoms with Crippen LogP contribution in [0.1, 0.15) is 12.8 Å². The molecule has 54 nitrogen and oxygen atoms in total. The lowest BCUT2D eigenvalue weighted by atomic mass is 10.0. The Balaban J connectivity index is 4.32.